The summed E-state index contributed by atoms with van der Waals surface area (Å²) in [5.41, 5.74) is 6.04. The predicted octanol–water partition coefficient (Wildman–Crippen LogP) is 3.60. The first kappa shape index (κ1) is 17.6. The number of carbonyl (C=O) groups excluding carboxylic acids is 1. The Morgan fingerprint density at radius 3 is 2.33 bits per heavy atom. The molecule has 0 unspecified atom stereocenters. The number of nitrogens with two attached hydrogens (primary N) is 1. The van der Waals surface area contributed by atoms with Gasteiger partial charge in [0.1, 0.15) is 17.5 Å². The van der Waals surface area contributed by atoms with Gasteiger partial charge in [-0.25, -0.2) is 4.39 Å². The third-order valence-electron chi connectivity index (χ3n) is 4.24. The molecular formula is C17H26FNO2. The van der Waals surface area contributed by atoms with Crippen molar-refractivity contribution in [3.8, 4) is 0 Å². The Labute approximate surface area is 126 Å². The maximum absolute atomic E-state index is 13.5. The van der Waals surface area contributed by atoms with E-state index in [1.807, 2.05) is 20.8 Å². The normalized spacial score (nSPS) is 13.0. The van der Waals surface area contributed by atoms with Gasteiger partial charge in [0.25, 0.3) is 0 Å². The van der Waals surface area contributed by atoms with Crippen LogP contribution in [0.4, 0.5) is 4.39 Å². The zero-order valence-corrected chi connectivity index (χ0v) is 13.2. The molecule has 0 saturated heterocycles. The molecule has 2 N–H and O–H groups in total. The van der Waals surface area contributed by atoms with Gasteiger partial charge in [-0.3, -0.25) is 4.79 Å². The van der Waals surface area contributed by atoms with Crippen LogP contribution in [0.3, 0.4) is 0 Å². The van der Waals surface area contributed by atoms with E-state index < -0.39 is 17.6 Å². The number of carbonyl (C=O) groups is 1. The Hall–Kier alpha value is -1.42. The van der Waals surface area contributed by atoms with Gasteiger partial charge in [0.15, 0.2) is 0 Å². The lowest BCUT2D eigenvalue weighted by molar-refractivity contribution is -0.163. The fourth-order valence-corrected chi connectivity index (χ4v) is 2.39. The molecule has 0 amide bonds. The highest BCUT2D eigenvalue weighted by Gasteiger charge is 2.30. The van der Waals surface area contributed by atoms with Crippen molar-refractivity contribution in [2.45, 2.75) is 64.5 Å². The number of rotatable bonds is 8. The van der Waals surface area contributed by atoms with Crippen molar-refractivity contribution in [3.63, 3.8) is 0 Å². The van der Waals surface area contributed by atoms with Crippen LogP contribution in [0.2, 0.25) is 0 Å². The van der Waals surface area contributed by atoms with Crippen LogP contribution in [-0.4, -0.2) is 17.6 Å². The van der Waals surface area contributed by atoms with Crippen LogP contribution >= 0.6 is 0 Å². The molecule has 0 aliphatic heterocycles. The van der Waals surface area contributed by atoms with E-state index >= 15 is 0 Å². The molecule has 0 saturated carbocycles. The van der Waals surface area contributed by atoms with E-state index in [9.17, 15) is 9.18 Å². The molecule has 0 heterocycles. The fourth-order valence-electron chi connectivity index (χ4n) is 2.39. The lowest BCUT2D eigenvalue weighted by Crippen LogP contribution is -2.41. The highest BCUT2D eigenvalue weighted by atomic mass is 19.1. The van der Waals surface area contributed by atoms with Crippen LogP contribution in [-0.2, 0) is 16.0 Å². The molecule has 118 valence electrons. The summed E-state index contributed by atoms with van der Waals surface area (Å²) in [5.74, 6) is -0.653. The lowest BCUT2D eigenvalue weighted by atomic mass is 9.94. The predicted molar refractivity (Wildman–Crippen MR) is 82.4 cm³/mol. The van der Waals surface area contributed by atoms with Gasteiger partial charge in [-0.2, -0.15) is 0 Å². The number of aryl methyl sites for hydroxylation is 1. The second-order valence-corrected chi connectivity index (χ2v) is 5.40. The molecule has 0 aromatic heterocycles. The molecule has 4 heteroatoms. The van der Waals surface area contributed by atoms with Crippen molar-refractivity contribution in [1.29, 1.82) is 0 Å². The average Bonchev–Trinajstić information content (AvgIpc) is 2.51. The summed E-state index contributed by atoms with van der Waals surface area (Å²) < 4.78 is 19.1. The van der Waals surface area contributed by atoms with Crippen molar-refractivity contribution in [1.82, 2.24) is 0 Å². The molecule has 21 heavy (non-hydrogen) atoms. The maximum atomic E-state index is 13.5. The quantitative estimate of drug-likeness (QED) is 0.746. The van der Waals surface area contributed by atoms with Crippen molar-refractivity contribution < 1.29 is 13.9 Å². The zero-order chi connectivity index (χ0) is 15.9. The van der Waals surface area contributed by atoms with E-state index in [0.29, 0.717) is 18.4 Å². The molecule has 1 rings (SSSR count). The fraction of sp³-hybridized carbons (Fsp3) is 0.588. The Kier molecular flexibility index (Phi) is 6.82. The smallest absolute Gasteiger partial charge is 0.323 e. The second-order valence-electron chi connectivity index (χ2n) is 5.40. The van der Waals surface area contributed by atoms with Gasteiger partial charge in [-0.15, -0.1) is 0 Å². The van der Waals surface area contributed by atoms with Gasteiger partial charge in [0.05, 0.1) is 0 Å². The van der Waals surface area contributed by atoms with Gasteiger partial charge in [-0.1, -0.05) is 39.0 Å². The first-order valence-electron chi connectivity index (χ1n) is 7.69. The van der Waals surface area contributed by atoms with Gasteiger partial charge >= 0.3 is 5.97 Å². The summed E-state index contributed by atoms with van der Waals surface area (Å²) in [4.78, 5) is 12.1. The van der Waals surface area contributed by atoms with Gasteiger partial charge in [-0.05, 0) is 43.7 Å². The standard InChI is InChI=1S/C17H26FNO2/c1-4-17(5-2,6-3)21-16(20)15(19)12-11-13-9-7-8-10-14(13)18/h7-10,15H,4-6,11-12,19H2,1-3H3/t15-/m1/s1. The van der Waals surface area contributed by atoms with Crippen LogP contribution in [0, 0.1) is 5.82 Å². The van der Waals surface area contributed by atoms with E-state index in [-0.39, 0.29) is 5.82 Å². The molecule has 3 nitrogen and oxygen atoms in total. The first-order chi connectivity index (χ1) is 9.98. The topological polar surface area (TPSA) is 52.3 Å². The van der Waals surface area contributed by atoms with E-state index in [0.717, 1.165) is 19.3 Å². The summed E-state index contributed by atoms with van der Waals surface area (Å²) in [5, 5.41) is 0. The molecule has 0 spiro atoms. The molecule has 1 atom stereocenters. The number of ether oxygens (including phenoxy) is 1. The lowest BCUT2D eigenvalue weighted by Gasteiger charge is -2.31. The maximum Gasteiger partial charge on any atom is 0.323 e. The van der Waals surface area contributed by atoms with Crippen LogP contribution in [0.5, 0.6) is 0 Å². The number of esters is 1. The molecule has 0 fully saturated rings. The third-order valence-corrected chi connectivity index (χ3v) is 4.24. The van der Waals surface area contributed by atoms with Crippen molar-refractivity contribution in [3.05, 3.63) is 35.6 Å². The minimum atomic E-state index is -0.714. The first-order valence-corrected chi connectivity index (χ1v) is 7.69. The van der Waals surface area contributed by atoms with E-state index in [1.165, 1.54) is 6.07 Å². The molecule has 0 radical (unpaired) electrons. The van der Waals surface area contributed by atoms with Crippen LogP contribution in [0.25, 0.3) is 0 Å². The number of benzene rings is 1. The second kappa shape index (κ2) is 8.13. The molecule has 0 aliphatic rings. The summed E-state index contributed by atoms with van der Waals surface area (Å²) in [6, 6.07) is 5.83. The monoisotopic (exact) mass is 295 g/mol. The van der Waals surface area contributed by atoms with Gasteiger partial charge in [0, 0.05) is 0 Å². The largest absolute Gasteiger partial charge is 0.458 e. The van der Waals surface area contributed by atoms with Crippen LogP contribution in [0.1, 0.15) is 52.0 Å². The molecule has 1 aromatic rings. The molecular weight excluding hydrogens is 269 g/mol. The molecule has 0 bridgehead atoms. The minimum Gasteiger partial charge on any atom is -0.458 e. The van der Waals surface area contributed by atoms with Crippen LogP contribution < -0.4 is 5.73 Å². The van der Waals surface area contributed by atoms with Crippen molar-refractivity contribution in [2.75, 3.05) is 0 Å². The summed E-state index contributed by atoms with van der Waals surface area (Å²) in [6.45, 7) is 6.02. The Morgan fingerprint density at radius 1 is 1.24 bits per heavy atom. The highest BCUT2D eigenvalue weighted by molar-refractivity contribution is 5.76. The van der Waals surface area contributed by atoms with Gasteiger partial charge in [0.2, 0.25) is 0 Å². The third kappa shape index (κ3) is 4.81. The number of hydrogen-bond acceptors (Lipinski definition) is 3. The SMILES string of the molecule is CCC(CC)(CC)OC(=O)[C@H](N)CCc1ccccc1F. The molecule has 0 aliphatic carbocycles. The number of halogens is 1. The average molecular weight is 295 g/mol. The van der Waals surface area contributed by atoms with Crippen molar-refractivity contribution in [2.24, 2.45) is 5.73 Å². The van der Waals surface area contributed by atoms with Crippen LogP contribution in [0.15, 0.2) is 24.3 Å². The Morgan fingerprint density at radius 2 is 1.81 bits per heavy atom. The Bertz CT molecular complexity index is 450. The highest BCUT2D eigenvalue weighted by Crippen LogP contribution is 2.25. The summed E-state index contributed by atoms with van der Waals surface area (Å²) in [7, 11) is 0. The minimum absolute atomic E-state index is 0.261. The summed E-state index contributed by atoms with van der Waals surface area (Å²) in [6.07, 6.45) is 3.12. The van der Waals surface area contributed by atoms with E-state index in [2.05, 4.69) is 0 Å². The zero-order valence-electron chi connectivity index (χ0n) is 13.2. The van der Waals surface area contributed by atoms with Gasteiger partial charge < -0.3 is 10.5 Å². The number of hydrogen-bond donors (Lipinski definition) is 1. The summed E-state index contributed by atoms with van der Waals surface area (Å²) >= 11 is 0. The van der Waals surface area contributed by atoms with Crippen molar-refractivity contribution >= 4 is 5.97 Å². The van der Waals surface area contributed by atoms with E-state index in [4.69, 9.17) is 10.5 Å². The Balaban J connectivity index is 2.57. The van der Waals surface area contributed by atoms with E-state index in [1.54, 1.807) is 18.2 Å². The molecule has 1 aromatic carbocycles.